The van der Waals surface area contributed by atoms with Crippen LogP contribution in [0.1, 0.15) is 12.5 Å². The molecule has 0 radical (unpaired) electrons. The highest BCUT2D eigenvalue weighted by Gasteiger charge is 2.22. The fourth-order valence-corrected chi connectivity index (χ4v) is 8.32. The molecule has 3 heteroatoms. The smallest absolute Gasteiger partial charge is 0.160 e. The van der Waals surface area contributed by atoms with Gasteiger partial charge in [0.05, 0.1) is 22.6 Å². The van der Waals surface area contributed by atoms with Gasteiger partial charge in [-0.2, -0.15) is 0 Å². The lowest BCUT2D eigenvalue weighted by molar-refractivity contribution is 1.18. The number of hydrogen-bond acceptors (Lipinski definition) is 3. The van der Waals surface area contributed by atoms with Crippen LogP contribution in [0.5, 0.6) is 0 Å². The van der Waals surface area contributed by atoms with Gasteiger partial charge in [0.25, 0.3) is 0 Å². The molecule has 3 nitrogen and oxygen atoms in total. The van der Waals surface area contributed by atoms with Crippen molar-refractivity contribution in [1.29, 1.82) is 0 Å². The van der Waals surface area contributed by atoms with E-state index in [1.807, 2.05) is 31.2 Å². The summed E-state index contributed by atoms with van der Waals surface area (Å²) in [7, 11) is 0. The maximum atomic E-state index is 5.45. The standard InChI is InChI=1S/C57H41N3/c1-2-3-4-7-18-39-19-16-26-46(37-39)55-52(56(60-57(59-55)44-23-10-6-11-24-44)47-27-17-25-45(38-47)40-20-8-5-9-21-40)42-31-33-43(34-32-42)54-50-36-35-41-22-12-13-28-48(41)53(50)49-29-14-15-30-51(49)58-54/h2-17,19-38H,18H2,1H3/b3-2-,7-4-. The first-order chi connectivity index (χ1) is 29.7. The summed E-state index contributed by atoms with van der Waals surface area (Å²) >= 11 is 0. The summed E-state index contributed by atoms with van der Waals surface area (Å²) in [4.78, 5) is 16.2. The van der Waals surface area contributed by atoms with Gasteiger partial charge in [0.2, 0.25) is 0 Å². The number of rotatable bonds is 9. The Morgan fingerprint density at radius 1 is 0.400 bits per heavy atom. The molecule has 2 heterocycles. The maximum absolute atomic E-state index is 5.45. The van der Waals surface area contributed by atoms with Crippen LogP contribution in [0, 0.1) is 0 Å². The van der Waals surface area contributed by atoms with Gasteiger partial charge in [-0.1, -0.05) is 200 Å². The molecular formula is C57H41N3. The van der Waals surface area contributed by atoms with E-state index < -0.39 is 0 Å². The van der Waals surface area contributed by atoms with Gasteiger partial charge in [-0.15, -0.1) is 0 Å². The number of pyridine rings is 1. The van der Waals surface area contributed by atoms with Crippen molar-refractivity contribution in [3.8, 4) is 67.4 Å². The number of nitrogens with zero attached hydrogens (tertiary/aromatic N) is 3. The normalized spacial score (nSPS) is 11.7. The predicted molar refractivity (Wildman–Crippen MR) is 253 cm³/mol. The average molecular weight is 768 g/mol. The predicted octanol–water partition coefficient (Wildman–Crippen LogP) is 15.0. The number of hydrogen-bond donors (Lipinski definition) is 0. The average Bonchev–Trinajstić information content (AvgIpc) is 3.33. The van der Waals surface area contributed by atoms with Crippen molar-refractivity contribution >= 4 is 32.4 Å². The van der Waals surface area contributed by atoms with Crippen LogP contribution < -0.4 is 0 Å². The van der Waals surface area contributed by atoms with Gasteiger partial charge in [0.15, 0.2) is 5.82 Å². The van der Waals surface area contributed by atoms with Gasteiger partial charge >= 0.3 is 0 Å². The zero-order valence-electron chi connectivity index (χ0n) is 33.3. The molecule has 8 aromatic carbocycles. The fourth-order valence-electron chi connectivity index (χ4n) is 8.32. The number of allylic oxidation sites excluding steroid dienone is 4. The van der Waals surface area contributed by atoms with Crippen LogP contribution in [0.15, 0.2) is 218 Å². The third-order valence-electron chi connectivity index (χ3n) is 11.2. The van der Waals surface area contributed by atoms with Crippen LogP contribution in [-0.2, 0) is 6.42 Å². The maximum Gasteiger partial charge on any atom is 0.160 e. The van der Waals surface area contributed by atoms with Crippen molar-refractivity contribution in [3.05, 3.63) is 224 Å². The molecule has 0 aliphatic carbocycles. The molecule has 0 N–H and O–H groups in total. The van der Waals surface area contributed by atoms with Crippen molar-refractivity contribution < 1.29 is 0 Å². The zero-order valence-corrected chi connectivity index (χ0v) is 33.3. The van der Waals surface area contributed by atoms with Crippen LogP contribution in [0.3, 0.4) is 0 Å². The number of fused-ring (bicyclic) bond motifs is 5. The lowest BCUT2D eigenvalue weighted by Crippen LogP contribution is -2.01. The Morgan fingerprint density at radius 2 is 1.02 bits per heavy atom. The topological polar surface area (TPSA) is 38.7 Å². The van der Waals surface area contributed by atoms with Crippen molar-refractivity contribution in [1.82, 2.24) is 15.0 Å². The van der Waals surface area contributed by atoms with Crippen LogP contribution in [-0.4, -0.2) is 15.0 Å². The summed E-state index contributed by atoms with van der Waals surface area (Å²) in [5.74, 6) is 0.684. The summed E-state index contributed by atoms with van der Waals surface area (Å²) in [5, 5.41) is 5.97. The minimum Gasteiger partial charge on any atom is -0.247 e. The quantitative estimate of drug-likeness (QED) is 0.108. The summed E-state index contributed by atoms with van der Waals surface area (Å²) in [5.41, 5.74) is 13.3. The van der Waals surface area contributed by atoms with Crippen LogP contribution >= 0.6 is 0 Å². The second kappa shape index (κ2) is 16.2. The molecule has 284 valence electrons. The van der Waals surface area contributed by atoms with Crippen molar-refractivity contribution in [2.75, 3.05) is 0 Å². The van der Waals surface area contributed by atoms with E-state index in [1.54, 1.807) is 0 Å². The first-order valence-electron chi connectivity index (χ1n) is 20.5. The molecule has 10 aromatic rings. The number of aromatic nitrogens is 3. The van der Waals surface area contributed by atoms with Crippen LogP contribution in [0.4, 0.5) is 0 Å². The molecule has 0 aliphatic heterocycles. The highest BCUT2D eigenvalue weighted by molar-refractivity contribution is 6.22. The second-order valence-corrected chi connectivity index (χ2v) is 15.1. The summed E-state index contributed by atoms with van der Waals surface area (Å²) in [6.07, 6.45) is 9.22. The molecule has 0 amide bonds. The fraction of sp³-hybridized carbons (Fsp3) is 0.0351. The Balaban J connectivity index is 1.20. The Bertz CT molecular complexity index is 3200. The van der Waals surface area contributed by atoms with Crippen LogP contribution in [0.25, 0.3) is 99.9 Å². The largest absolute Gasteiger partial charge is 0.247 e. The van der Waals surface area contributed by atoms with E-state index in [1.165, 1.54) is 21.7 Å². The molecule has 10 rings (SSSR count). The Kier molecular flexibility index (Phi) is 9.91. The van der Waals surface area contributed by atoms with Crippen molar-refractivity contribution in [3.63, 3.8) is 0 Å². The van der Waals surface area contributed by atoms with E-state index in [-0.39, 0.29) is 0 Å². The summed E-state index contributed by atoms with van der Waals surface area (Å²) in [6, 6.07) is 68.8. The summed E-state index contributed by atoms with van der Waals surface area (Å²) in [6.45, 7) is 2.04. The Labute approximate surface area is 350 Å². The van der Waals surface area contributed by atoms with Gasteiger partial charge in [0, 0.05) is 44.0 Å². The molecule has 0 aliphatic rings. The third kappa shape index (κ3) is 7.08. The van der Waals surface area contributed by atoms with Crippen LogP contribution in [0.2, 0.25) is 0 Å². The lowest BCUT2D eigenvalue weighted by atomic mass is 9.91. The molecular weight excluding hydrogens is 727 g/mol. The van der Waals surface area contributed by atoms with Crippen molar-refractivity contribution in [2.45, 2.75) is 13.3 Å². The van der Waals surface area contributed by atoms with E-state index in [2.05, 4.69) is 194 Å². The SMILES string of the molecule is C/C=C\C=C/Cc1cccc(-c2nc(-c3ccccc3)nc(-c3cccc(-c4ccccc4)c3)c2-c2ccc(-c3nc4ccccc4c4c3ccc3ccccc34)cc2)c1. The van der Waals surface area contributed by atoms with E-state index >= 15 is 0 Å². The molecule has 0 atom stereocenters. The van der Waals surface area contributed by atoms with Gasteiger partial charge in [-0.3, -0.25) is 0 Å². The van der Waals surface area contributed by atoms with Gasteiger partial charge < -0.3 is 0 Å². The zero-order chi connectivity index (χ0) is 40.3. The first kappa shape index (κ1) is 36.6. The highest BCUT2D eigenvalue weighted by atomic mass is 14.9. The Morgan fingerprint density at radius 3 is 1.78 bits per heavy atom. The molecule has 0 spiro atoms. The molecule has 2 aromatic heterocycles. The highest BCUT2D eigenvalue weighted by Crippen LogP contribution is 2.42. The van der Waals surface area contributed by atoms with E-state index in [0.29, 0.717) is 5.82 Å². The van der Waals surface area contributed by atoms with E-state index in [0.717, 1.165) is 84.3 Å². The number of benzene rings is 8. The lowest BCUT2D eigenvalue weighted by Gasteiger charge is -2.18. The van der Waals surface area contributed by atoms with Gasteiger partial charge in [0.1, 0.15) is 0 Å². The molecule has 60 heavy (non-hydrogen) atoms. The molecule has 0 unspecified atom stereocenters. The minimum atomic E-state index is 0.684. The first-order valence-corrected chi connectivity index (χ1v) is 20.5. The van der Waals surface area contributed by atoms with E-state index in [9.17, 15) is 0 Å². The third-order valence-corrected chi connectivity index (χ3v) is 11.2. The molecule has 0 fully saturated rings. The Hall–Kier alpha value is -7.75. The molecule has 0 saturated carbocycles. The molecule has 0 saturated heterocycles. The minimum absolute atomic E-state index is 0.684. The van der Waals surface area contributed by atoms with Gasteiger partial charge in [-0.25, -0.2) is 15.0 Å². The summed E-state index contributed by atoms with van der Waals surface area (Å²) < 4.78 is 0. The van der Waals surface area contributed by atoms with Crippen molar-refractivity contribution in [2.24, 2.45) is 0 Å². The molecule has 0 bridgehead atoms. The van der Waals surface area contributed by atoms with E-state index in [4.69, 9.17) is 15.0 Å². The second-order valence-electron chi connectivity index (χ2n) is 15.1. The monoisotopic (exact) mass is 767 g/mol. The number of para-hydroxylation sites is 1. The van der Waals surface area contributed by atoms with Gasteiger partial charge in [-0.05, 0) is 64.6 Å².